The van der Waals surface area contributed by atoms with Crippen LogP contribution in [-0.2, 0) is 9.53 Å². The zero-order valence-electron chi connectivity index (χ0n) is 11.8. The number of esters is 1. The molecular weight excluding hydrogens is 314 g/mol. The van der Waals surface area contributed by atoms with Crippen LogP contribution in [0.4, 0.5) is 0 Å². The summed E-state index contributed by atoms with van der Waals surface area (Å²) in [4.78, 5) is 33.9. The number of hydrogen-bond acceptors (Lipinski definition) is 6. The zero-order valence-corrected chi connectivity index (χ0v) is 13.4. The fourth-order valence-corrected chi connectivity index (χ4v) is 2.78. The smallest absolute Gasteiger partial charge is 0.310 e. The number of amides is 1. The van der Waals surface area contributed by atoms with Crippen molar-refractivity contribution in [1.82, 2.24) is 14.9 Å². The Balaban J connectivity index is 2.17. The Labute approximate surface area is 132 Å². The van der Waals surface area contributed by atoms with Gasteiger partial charge in [-0.25, -0.2) is 9.97 Å². The van der Waals surface area contributed by atoms with E-state index in [0.29, 0.717) is 18.2 Å². The summed E-state index contributed by atoms with van der Waals surface area (Å²) in [6.45, 7) is 0.918. The molecule has 1 aliphatic rings. The molecule has 6 nitrogen and oxygen atoms in total. The summed E-state index contributed by atoms with van der Waals surface area (Å²) < 4.78 is 4.75. The lowest BCUT2D eigenvalue weighted by Gasteiger charge is -2.31. The minimum Gasteiger partial charge on any atom is -0.469 e. The molecule has 2 heterocycles. The maximum absolute atomic E-state index is 12.5. The maximum Gasteiger partial charge on any atom is 0.310 e. The van der Waals surface area contributed by atoms with Crippen LogP contribution in [0.5, 0.6) is 0 Å². The summed E-state index contributed by atoms with van der Waals surface area (Å²) in [6, 6.07) is 0. The normalized spacial score (nSPS) is 18.4. The van der Waals surface area contributed by atoms with Gasteiger partial charge < -0.3 is 9.64 Å². The van der Waals surface area contributed by atoms with Crippen LogP contribution in [0, 0.1) is 5.92 Å². The van der Waals surface area contributed by atoms with Crippen LogP contribution in [0.2, 0.25) is 5.02 Å². The van der Waals surface area contributed by atoms with Gasteiger partial charge in [-0.3, -0.25) is 9.59 Å². The molecule has 0 saturated carbocycles. The number of rotatable bonds is 3. The van der Waals surface area contributed by atoms with Gasteiger partial charge in [-0.2, -0.15) is 0 Å². The van der Waals surface area contributed by atoms with Crippen molar-refractivity contribution in [2.45, 2.75) is 18.0 Å². The topological polar surface area (TPSA) is 72.4 Å². The number of halogens is 1. The number of nitrogens with zero attached hydrogens (tertiary/aromatic N) is 3. The lowest BCUT2D eigenvalue weighted by Crippen LogP contribution is -2.43. The molecule has 1 amide bonds. The first-order valence-electron chi connectivity index (χ1n) is 6.50. The summed E-state index contributed by atoms with van der Waals surface area (Å²) in [5.41, 5.74) is 0.182. The van der Waals surface area contributed by atoms with E-state index in [1.54, 1.807) is 4.90 Å². The average molecular weight is 330 g/mol. The number of carbonyl (C=O) groups is 2. The van der Waals surface area contributed by atoms with Crippen molar-refractivity contribution in [3.05, 3.63) is 16.9 Å². The Morgan fingerprint density at radius 2 is 2.29 bits per heavy atom. The molecule has 0 aliphatic carbocycles. The number of carbonyl (C=O) groups excluding carboxylic acids is 2. The molecule has 1 aromatic rings. The molecule has 2 rings (SSSR count). The van der Waals surface area contributed by atoms with Gasteiger partial charge >= 0.3 is 5.97 Å². The molecule has 1 atom stereocenters. The standard InChI is InChI=1S/C13H16ClN3O3S/c1-20-12(19)8-4-3-5-17(7-8)11(18)10-9(14)6-15-13(16-10)21-2/h6,8H,3-5,7H2,1-2H3. The summed E-state index contributed by atoms with van der Waals surface area (Å²) in [5, 5.41) is 0.710. The van der Waals surface area contributed by atoms with E-state index in [-0.39, 0.29) is 28.5 Å². The Hall–Kier alpha value is -1.34. The predicted molar refractivity (Wildman–Crippen MR) is 79.5 cm³/mol. The Morgan fingerprint density at radius 1 is 1.52 bits per heavy atom. The highest BCUT2D eigenvalue weighted by atomic mass is 35.5. The molecule has 21 heavy (non-hydrogen) atoms. The van der Waals surface area contributed by atoms with Crippen molar-refractivity contribution in [2.24, 2.45) is 5.92 Å². The molecule has 114 valence electrons. The molecule has 1 aromatic heterocycles. The van der Waals surface area contributed by atoms with Crippen molar-refractivity contribution in [2.75, 3.05) is 26.5 Å². The monoisotopic (exact) mass is 329 g/mol. The van der Waals surface area contributed by atoms with Gasteiger partial charge in [0, 0.05) is 13.1 Å². The van der Waals surface area contributed by atoms with Gasteiger partial charge in [0.25, 0.3) is 5.91 Å². The minimum absolute atomic E-state index is 0.182. The Kier molecular flexibility index (Phi) is 5.41. The van der Waals surface area contributed by atoms with Gasteiger partial charge in [0.15, 0.2) is 10.9 Å². The highest BCUT2D eigenvalue weighted by Crippen LogP contribution is 2.23. The number of ether oxygens (including phenoxy) is 1. The van der Waals surface area contributed by atoms with E-state index in [1.807, 2.05) is 6.26 Å². The molecule has 0 bridgehead atoms. The molecule has 0 radical (unpaired) electrons. The minimum atomic E-state index is -0.286. The van der Waals surface area contributed by atoms with E-state index in [4.69, 9.17) is 16.3 Å². The number of hydrogen-bond donors (Lipinski definition) is 0. The second-order valence-electron chi connectivity index (χ2n) is 4.67. The van der Waals surface area contributed by atoms with E-state index in [2.05, 4.69) is 9.97 Å². The SMILES string of the molecule is COC(=O)C1CCCN(C(=O)c2nc(SC)ncc2Cl)C1. The van der Waals surface area contributed by atoms with E-state index in [9.17, 15) is 9.59 Å². The Morgan fingerprint density at radius 3 is 2.95 bits per heavy atom. The van der Waals surface area contributed by atoms with Crippen molar-refractivity contribution in [3.8, 4) is 0 Å². The van der Waals surface area contributed by atoms with Crippen LogP contribution in [0.3, 0.4) is 0 Å². The van der Waals surface area contributed by atoms with Crippen LogP contribution >= 0.6 is 23.4 Å². The number of thioether (sulfide) groups is 1. The first-order valence-corrected chi connectivity index (χ1v) is 8.10. The van der Waals surface area contributed by atoms with E-state index >= 15 is 0 Å². The first-order chi connectivity index (χ1) is 10.1. The highest BCUT2D eigenvalue weighted by Gasteiger charge is 2.31. The molecule has 0 spiro atoms. The van der Waals surface area contributed by atoms with Gasteiger partial charge in [0.2, 0.25) is 0 Å². The third-order valence-corrected chi connectivity index (χ3v) is 4.19. The van der Waals surface area contributed by atoms with Crippen molar-refractivity contribution in [1.29, 1.82) is 0 Å². The van der Waals surface area contributed by atoms with Gasteiger partial charge in [-0.1, -0.05) is 23.4 Å². The van der Waals surface area contributed by atoms with Crippen LogP contribution in [0.25, 0.3) is 0 Å². The third kappa shape index (κ3) is 3.65. The maximum atomic E-state index is 12.5. The number of aromatic nitrogens is 2. The molecule has 8 heteroatoms. The molecule has 1 unspecified atom stereocenters. The van der Waals surface area contributed by atoms with Gasteiger partial charge in [-0.05, 0) is 19.1 Å². The fourth-order valence-electron chi connectivity index (χ4n) is 2.27. The lowest BCUT2D eigenvalue weighted by atomic mass is 9.98. The fraction of sp³-hybridized carbons (Fsp3) is 0.538. The quantitative estimate of drug-likeness (QED) is 0.479. The van der Waals surface area contributed by atoms with Gasteiger partial charge in [0.1, 0.15) is 0 Å². The zero-order chi connectivity index (χ0) is 15.4. The third-order valence-electron chi connectivity index (χ3n) is 3.35. The summed E-state index contributed by atoms with van der Waals surface area (Å²) in [5.74, 6) is -0.842. The van der Waals surface area contributed by atoms with Crippen molar-refractivity contribution in [3.63, 3.8) is 0 Å². The first kappa shape index (κ1) is 16.0. The van der Waals surface area contributed by atoms with Crippen molar-refractivity contribution < 1.29 is 14.3 Å². The second-order valence-corrected chi connectivity index (χ2v) is 5.85. The largest absolute Gasteiger partial charge is 0.469 e. The van der Waals surface area contributed by atoms with Crippen LogP contribution < -0.4 is 0 Å². The number of piperidine rings is 1. The van der Waals surface area contributed by atoms with Crippen LogP contribution in [0.15, 0.2) is 11.4 Å². The number of likely N-dealkylation sites (tertiary alicyclic amines) is 1. The summed E-state index contributed by atoms with van der Waals surface area (Å²) in [6.07, 6.45) is 4.73. The van der Waals surface area contributed by atoms with E-state index in [1.165, 1.54) is 25.1 Å². The van der Waals surface area contributed by atoms with E-state index < -0.39 is 0 Å². The predicted octanol–water partition coefficient (Wildman–Crippen LogP) is 1.88. The summed E-state index contributed by atoms with van der Waals surface area (Å²) in [7, 11) is 1.36. The molecular formula is C13H16ClN3O3S. The van der Waals surface area contributed by atoms with Crippen LogP contribution in [-0.4, -0.2) is 53.2 Å². The summed E-state index contributed by atoms with van der Waals surface area (Å²) >= 11 is 7.36. The molecule has 0 N–H and O–H groups in total. The number of methoxy groups -OCH3 is 1. The van der Waals surface area contributed by atoms with E-state index in [0.717, 1.165) is 12.8 Å². The molecule has 1 fully saturated rings. The lowest BCUT2D eigenvalue weighted by molar-refractivity contribution is -0.146. The highest BCUT2D eigenvalue weighted by molar-refractivity contribution is 7.98. The molecule has 0 aromatic carbocycles. The molecule has 1 aliphatic heterocycles. The van der Waals surface area contributed by atoms with Gasteiger partial charge in [-0.15, -0.1) is 0 Å². The second kappa shape index (κ2) is 7.09. The molecule has 1 saturated heterocycles. The van der Waals surface area contributed by atoms with Crippen molar-refractivity contribution >= 4 is 35.2 Å². The van der Waals surface area contributed by atoms with Crippen LogP contribution in [0.1, 0.15) is 23.3 Å². The Bertz CT molecular complexity index is 555. The van der Waals surface area contributed by atoms with Gasteiger partial charge in [0.05, 0.1) is 24.2 Å². The average Bonchev–Trinajstić information content (AvgIpc) is 2.54.